The SMILES string of the molecule is CCCn1ccc(CNCC(C(C)C)C(C)C)c1. The van der Waals surface area contributed by atoms with Gasteiger partial charge < -0.3 is 9.88 Å². The lowest BCUT2D eigenvalue weighted by atomic mass is 9.85. The zero-order chi connectivity index (χ0) is 13.5. The van der Waals surface area contributed by atoms with E-state index in [1.54, 1.807) is 0 Å². The number of hydrogen-bond donors (Lipinski definition) is 1. The fraction of sp³-hybridized carbons (Fsp3) is 0.750. The van der Waals surface area contributed by atoms with Crippen molar-refractivity contribution < 1.29 is 0 Å². The molecule has 0 saturated heterocycles. The quantitative estimate of drug-likeness (QED) is 0.740. The molecule has 0 atom stereocenters. The number of rotatable bonds is 8. The van der Waals surface area contributed by atoms with Crippen molar-refractivity contribution in [2.45, 2.75) is 54.1 Å². The lowest BCUT2D eigenvalue weighted by molar-refractivity contribution is 0.275. The predicted octanol–water partition coefficient (Wildman–Crippen LogP) is 3.92. The van der Waals surface area contributed by atoms with Gasteiger partial charge in [0.2, 0.25) is 0 Å². The van der Waals surface area contributed by atoms with Gasteiger partial charge in [0, 0.05) is 25.5 Å². The Morgan fingerprint density at radius 2 is 1.83 bits per heavy atom. The molecule has 0 fully saturated rings. The van der Waals surface area contributed by atoms with Crippen LogP contribution in [0.15, 0.2) is 18.5 Å². The molecule has 0 aliphatic heterocycles. The van der Waals surface area contributed by atoms with Gasteiger partial charge >= 0.3 is 0 Å². The summed E-state index contributed by atoms with van der Waals surface area (Å²) in [6.07, 6.45) is 5.64. The van der Waals surface area contributed by atoms with Gasteiger partial charge in [-0.2, -0.15) is 0 Å². The van der Waals surface area contributed by atoms with E-state index in [0.29, 0.717) is 0 Å². The Morgan fingerprint density at radius 3 is 2.39 bits per heavy atom. The molecule has 1 rings (SSSR count). The largest absolute Gasteiger partial charge is 0.354 e. The highest BCUT2D eigenvalue weighted by molar-refractivity contribution is 5.09. The monoisotopic (exact) mass is 250 g/mol. The van der Waals surface area contributed by atoms with Crippen LogP contribution in [0.1, 0.15) is 46.6 Å². The molecule has 0 amide bonds. The van der Waals surface area contributed by atoms with E-state index in [1.165, 1.54) is 12.0 Å². The molecule has 0 aromatic carbocycles. The highest BCUT2D eigenvalue weighted by atomic mass is 14.9. The van der Waals surface area contributed by atoms with Crippen molar-refractivity contribution in [2.75, 3.05) is 6.54 Å². The maximum absolute atomic E-state index is 3.61. The number of hydrogen-bond acceptors (Lipinski definition) is 1. The summed E-state index contributed by atoms with van der Waals surface area (Å²) in [7, 11) is 0. The van der Waals surface area contributed by atoms with Gasteiger partial charge in [-0.25, -0.2) is 0 Å². The molecule has 0 aliphatic rings. The summed E-state index contributed by atoms with van der Waals surface area (Å²) in [5.41, 5.74) is 1.40. The summed E-state index contributed by atoms with van der Waals surface area (Å²) in [5.74, 6) is 2.27. The molecular formula is C16H30N2. The van der Waals surface area contributed by atoms with Gasteiger partial charge in [0.25, 0.3) is 0 Å². The van der Waals surface area contributed by atoms with Gasteiger partial charge in [0.15, 0.2) is 0 Å². The van der Waals surface area contributed by atoms with Crippen LogP contribution in [0.2, 0.25) is 0 Å². The van der Waals surface area contributed by atoms with Crippen LogP contribution in [0.3, 0.4) is 0 Å². The Bertz CT molecular complexity index is 318. The van der Waals surface area contributed by atoms with Crippen LogP contribution in [-0.4, -0.2) is 11.1 Å². The average molecular weight is 250 g/mol. The molecule has 0 spiro atoms. The summed E-state index contributed by atoms with van der Waals surface area (Å²) >= 11 is 0. The first kappa shape index (κ1) is 15.3. The molecule has 0 bridgehead atoms. The van der Waals surface area contributed by atoms with Crippen LogP contribution in [0, 0.1) is 17.8 Å². The summed E-state index contributed by atoms with van der Waals surface area (Å²) in [6.45, 7) is 14.7. The summed E-state index contributed by atoms with van der Waals surface area (Å²) in [6, 6.07) is 2.22. The van der Waals surface area contributed by atoms with Crippen LogP contribution in [0.4, 0.5) is 0 Å². The van der Waals surface area contributed by atoms with Gasteiger partial charge in [0.1, 0.15) is 0 Å². The van der Waals surface area contributed by atoms with Gasteiger partial charge in [-0.15, -0.1) is 0 Å². The van der Waals surface area contributed by atoms with Gasteiger partial charge in [-0.1, -0.05) is 34.6 Å². The average Bonchev–Trinajstić information content (AvgIpc) is 2.71. The van der Waals surface area contributed by atoms with Crippen molar-refractivity contribution in [3.8, 4) is 0 Å². The number of nitrogens with one attached hydrogen (secondary N) is 1. The smallest absolute Gasteiger partial charge is 0.0220 e. The van der Waals surface area contributed by atoms with Gasteiger partial charge in [-0.3, -0.25) is 0 Å². The van der Waals surface area contributed by atoms with Crippen molar-refractivity contribution in [3.05, 3.63) is 24.0 Å². The van der Waals surface area contributed by atoms with Crippen molar-refractivity contribution >= 4 is 0 Å². The molecule has 2 nitrogen and oxygen atoms in total. The Morgan fingerprint density at radius 1 is 1.17 bits per heavy atom. The second kappa shape index (κ2) is 7.63. The second-order valence-corrected chi connectivity index (χ2v) is 6.04. The van der Waals surface area contributed by atoms with E-state index in [9.17, 15) is 0 Å². The van der Waals surface area contributed by atoms with Crippen LogP contribution in [0.25, 0.3) is 0 Å². The molecule has 18 heavy (non-hydrogen) atoms. The molecule has 2 heteroatoms. The summed E-state index contributed by atoms with van der Waals surface area (Å²) in [5, 5.41) is 3.61. The van der Waals surface area contributed by atoms with E-state index in [1.807, 2.05) is 0 Å². The van der Waals surface area contributed by atoms with Crippen molar-refractivity contribution in [3.63, 3.8) is 0 Å². The normalized spacial score (nSPS) is 12.0. The first-order chi connectivity index (χ1) is 8.54. The minimum atomic E-state index is 0.752. The van der Waals surface area contributed by atoms with E-state index < -0.39 is 0 Å². The zero-order valence-electron chi connectivity index (χ0n) is 12.7. The van der Waals surface area contributed by atoms with Crippen LogP contribution in [-0.2, 0) is 13.1 Å². The van der Waals surface area contributed by atoms with E-state index in [-0.39, 0.29) is 0 Å². The van der Waals surface area contributed by atoms with E-state index in [0.717, 1.165) is 37.4 Å². The Labute approximate surface area is 113 Å². The number of nitrogens with zero attached hydrogens (tertiary/aromatic N) is 1. The molecule has 0 radical (unpaired) electrons. The molecule has 1 N–H and O–H groups in total. The summed E-state index contributed by atoms with van der Waals surface area (Å²) in [4.78, 5) is 0. The lowest BCUT2D eigenvalue weighted by Gasteiger charge is -2.25. The van der Waals surface area contributed by atoms with Gasteiger partial charge in [0.05, 0.1) is 0 Å². The fourth-order valence-corrected chi connectivity index (χ4v) is 2.62. The summed E-state index contributed by atoms with van der Waals surface area (Å²) < 4.78 is 2.28. The van der Waals surface area contributed by atoms with E-state index in [2.05, 4.69) is 63.0 Å². The topological polar surface area (TPSA) is 17.0 Å². The van der Waals surface area contributed by atoms with Crippen LogP contribution < -0.4 is 5.32 Å². The first-order valence-corrected chi connectivity index (χ1v) is 7.40. The third-order valence-electron chi connectivity index (χ3n) is 3.72. The zero-order valence-corrected chi connectivity index (χ0v) is 12.7. The Kier molecular flexibility index (Phi) is 6.48. The van der Waals surface area contributed by atoms with Crippen molar-refractivity contribution in [2.24, 2.45) is 17.8 Å². The molecule has 0 unspecified atom stereocenters. The highest BCUT2D eigenvalue weighted by Gasteiger charge is 2.16. The molecule has 0 aliphatic carbocycles. The third kappa shape index (κ3) is 4.85. The fourth-order valence-electron chi connectivity index (χ4n) is 2.62. The first-order valence-electron chi connectivity index (χ1n) is 7.40. The minimum Gasteiger partial charge on any atom is -0.354 e. The molecular weight excluding hydrogens is 220 g/mol. The maximum atomic E-state index is 3.61. The minimum absolute atomic E-state index is 0.752. The van der Waals surface area contributed by atoms with Crippen LogP contribution in [0.5, 0.6) is 0 Å². The molecule has 1 heterocycles. The Balaban J connectivity index is 2.35. The molecule has 104 valence electrons. The molecule has 0 saturated carbocycles. The highest BCUT2D eigenvalue weighted by Crippen LogP contribution is 2.19. The Hall–Kier alpha value is -0.760. The van der Waals surface area contributed by atoms with E-state index >= 15 is 0 Å². The lowest BCUT2D eigenvalue weighted by Crippen LogP contribution is -2.29. The van der Waals surface area contributed by atoms with Crippen molar-refractivity contribution in [1.82, 2.24) is 9.88 Å². The molecule has 1 aromatic heterocycles. The maximum Gasteiger partial charge on any atom is 0.0220 e. The number of aryl methyl sites for hydroxylation is 1. The van der Waals surface area contributed by atoms with Crippen molar-refractivity contribution in [1.29, 1.82) is 0 Å². The van der Waals surface area contributed by atoms with E-state index in [4.69, 9.17) is 0 Å². The number of aromatic nitrogens is 1. The molecule has 1 aromatic rings. The second-order valence-electron chi connectivity index (χ2n) is 6.04. The van der Waals surface area contributed by atoms with Crippen LogP contribution >= 0.6 is 0 Å². The third-order valence-corrected chi connectivity index (χ3v) is 3.72. The van der Waals surface area contributed by atoms with Gasteiger partial charge in [-0.05, 0) is 42.3 Å². The standard InChI is InChI=1S/C16H30N2/c1-6-8-18-9-7-15(12-18)10-17-11-16(13(2)3)14(4)5/h7,9,12-14,16-17H,6,8,10-11H2,1-5H3. The predicted molar refractivity (Wildman–Crippen MR) is 79.6 cm³/mol.